The number of rotatable bonds is 3. The van der Waals surface area contributed by atoms with E-state index in [1.165, 1.54) is 0 Å². The molecule has 0 aromatic carbocycles. The van der Waals surface area contributed by atoms with Crippen molar-refractivity contribution in [3.63, 3.8) is 0 Å². The molecule has 14 heavy (non-hydrogen) atoms. The molecule has 0 amide bonds. The van der Waals surface area contributed by atoms with Gasteiger partial charge in [-0.2, -0.15) is 5.26 Å². The summed E-state index contributed by atoms with van der Waals surface area (Å²) in [5.74, 6) is 0.548. The van der Waals surface area contributed by atoms with Crippen molar-refractivity contribution in [3.8, 4) is 6.07 Å². The molecule has 5 nitrogen and oxygen atoms in total. The zero-order chi connectivity index (χ0) is 10.6. The third-order valence-electron chi connectivity index (χ3n) is 1.76. The minimum Gasteiger partial charge on any atom is -0.343 e. The molecule has 0 aliphatic heterocycles. The molecule has 0 aliphatic rings. The predicted molar refractivity (Wildman–Crippen MR) is 53.8 cm³/mol. The molecule has 0 radical (unpaired) electrons. The van der Waals surface area contributed by atoms with Gasteiger partial charge in [-0.15, -0.1) is 0 Å². The molecule has 0 atom stereocenters. The zero-order valence-corrected chi connectivity index (χ0v) is 8.36. The fraction of sp³-hybridized carbons (Fsp3) is 0.444. The monoisotopic (exact) mass is 191 g/mol. The molecule has 0 aliphatic carbocycles. The molecule has 1 heterocycles. The van der Waals surface area contributed by atoms with Crippen LogP contribution in [-0.2, 0) is 0 Å². The maximum atomic E-state index is 8.71. The van der Waals surface area contributed by atoms with Crippen LogP contribution in [0.25, 0.3) is 0 Å². The third kappa shape index (κ3) is 2.41. The van der Waals surface area contributed by atoms with Crippen LogP contribution < -0.4 is 10.6 Å². The van der Waals surface area contributed by atoms with E-state index in [0.29, 0.717) is 24.7 Å². The SMILES string of the molecule is Cc1cc(C#N)nc(N(C)CCN)n1. The molecular weight excluding hydrogens is 178 g/mol. The molecule has 0 saturated carbocycles. The van der Waals surface area contributed by atoms with E-state index >= 15 is 0 Å². The highest BCUT2D eigenvalue weighted by Crippen LogP contribution is 2.07. The summed E-state index contributed by atoms with van der Waals surface area (Å²) in [4.78, 5) is 10.1. The van der Waals surface area contributed by atoms with Gasteiger partial charge in [0, 0.05) is 25.8 Å². The van der Waals surface area contributed by atoms with Gasteiger partial charge in [0.05, 0.1) is 0 Å². The summed E-state index contributed by atoms with van der Waals surface area (Å²) in [6.45, 7) is 3.05. The summed E-state index contributed by atoms with van der Waals surface area (Å²) in [5, 5.41) is 8.71. The fourth-order valence-corrected chi connectivity index (χ4v) is 1.07. The molecule has 74 valence electrons. The number of nitrogens with two attached hydrogens (primary N) is 1. The summed E-state index contributed by atoms with van der Waals surface area (Å²) >= 11 is 0. The van der Waals surface area contributed by atoms with Gasteiger partial charge in [-0.3, -0.25) is 0 Å². The number of anilines is 1. The molecule has 0 spiro atoms. The average molecular weight is 191 g/mol. The van der Waals surface area contributed by atoms with Crippen molar-refractivity contribution in [3.05, 3.63) is 17.5 Å². The Kier molecular flexibility index (Phi) is 3.37. The van der Waals surface area contributed by atoms with E-state index in [9.17, 15) is 0 Å². The van der Waals surface area contributed by atoms with Crippen LogP contribution >= 0.6 is 0 Å². The van der Waals surface area contributed by atoms with Crippen LogP contribution in [0.2, 0.25) is 0 Å². The van der Waals surface area contributed by atoms with E-state index in [1.54, 1.807) is 6.07 Å². The van der Waals surface area contributed by atoms with Gasteiger partial charge < -0.3 is 10.6 Å². The van der Waals surface area contributed by atoms with Crippen LogP contribution in [0.15, 0.2) is 6.07 Å². The molecular formula is C9H13N5. The average Bonchev–Trinajstić information content (AvgIpc) is 2.17. The second-order valence-corrected chi connectivity index (χ2v) is 3.02. The number of nitriles is 1. The Balaban J connectivity index is 2.98. The van der Waals surface area contributed by atoms with Crippen LogP contribution in [0.5, 0.6) is 0 Å². The predicted octanol–water partition coefficient (Wildman–Crippen LogP) is 0.0516. The normalized spacial score (nSPS) is 9.57. The van der Waals surface area contributed by atoms with E-state index in [-0.39, 0.29) is 0 Å². The molecule has 2 N–H and O–H groups in total. The van der Waals surface area contributed by atoms with Gasteiger partial charge in [-0.1, -0.05) is 0 Å². The number of aromatic nitrogens is 2. The molecule has 5 heteroatoms. The van der Waals surface area contributed by atoms with Gasteiger partial charge in [0.1, 0.15) is 11.8 Å². The number of aryl methyl sites for hydroxylation is 1. The lowest BCUT2D eigenvalue weighted by Crippen LogP contribution is -2.27. The summed E-state index contributed by atoms with van der Waals surface area (Å²) in [5.41, 5.74) is 6.59. The van der Waals surface area contributed by atoms with E-state index in [2.05, 4.69) is 9.97 Å². The molecule has 1 aromatic heterocycles. The van der Waals surface area contributed by atoms with E-state index in [4.69, 9.17) is 11.0 Å². The molecule has 0 bridgehead atoms. The van der Waals surface area contributed by atoms with Crippen molar-refractivity contribution in [2.24, 2.45) is 5.73 Å². The van der Waals surface area contributed by atoms with E-state index < -0.39 is 0 Å². The highest BCUT2D eigenvalue weighted by Gasteiger charge is 2.05. The number of hydrogen-bond donors (Lipinski definition) is 1. The van der Waals surface area contributed by atoms with Gasteiger partial charge in [-0.05, 0) is 13.0 Å². The van der Waals surface area contributed by atoms with Crippen LogP contribution in [0.3, 0.4) is 0 Å². The Morgan fingerprint density at radius 2 is 2.29 bits per heavy atom. The highest BCUT2D eigenvalue weighted by atomic mass is 15.2. The van der Waals surface area contributed by atoms with Gasteiger partial charge in [-0.25, -0.2) is 9.97 Å². The van der Waals surface area contributed by atoms with Crippen molar-refractivity contribution in [2.45, 2.75) is 6.92 Å². The van der Waals surface area contributed by atoms with Crippen LogP contribution in [0.4, 0.5) is 5.95 Å². The topological polar surface area (TPSA) is 78.8 Å². The number of hydrogen-bond acceptors (Lipinski definition) is 5. The molecule has 0 saturated heterocycles. The summed E-state index contributed by atoms with van der Waals surface area (Å²) < 4.78 is 0. The molecule has 1 rings (SSSR count). The molecule has 0 fully saturated rings. The number of nitrogens with zero attached hydrogens (tertiary/aromatic N) is 4. The van der Waals surface area contributed by atoms with Crippen molar-refractivity contribution < 1.29 is 0 Å². The largest absolute Gasteiger partial charge is 0.343 e. The smallest absolute Gasteiger partial charge is 0.226 e. The summed E-state index contributed by atoms with van der Waals surface area (Å²) in [7, 11) is 1.85. The quantitative estimate of drug-likeness (QED) is 0.730. The van der Waals surface area contributed by atoms with E-state index in [1.807, 2.05) is 24.9 Å². The summed E-state index contributed by atoms with van der Waals surface area (Å²) in [6, 6.07) is 3.65. The third-order valence-corrected chi connectivity index (χ3v) is 1.76. The lowest BCUT2D eigenvalue weighted by molar-refractivity contribution is 0.838. The lowest BCUT2D eigenvalue weighted by atomic mass is 10.3. The second-order valence-electron chi connectivity index (χ2n) is 3.02. The van der Waals surface area contributed by atoms with Crippen molar-refractivity contribution in [1.29, 1.82) is 5.26 Å². The van der Waals surface area contributed by atoms with Gasteiger partial charge in [0.15, 0.2) is 0 Å². The van der Waals surface area contributed by atoms with Crippen LogP contribution in [-0.4, -0.2) is 30.1 Å². The Morgan fingerprint density at radius 1 is 1.57 bits per heavy atom. The van der Waals surface area contributed by atoms with Crippen molar-refractivity contribution >= 4 is 5.95 Å². The molecule has 1 aromatic rings. The highest BCUT2D eigenvalue weighted by molar-refractivity contribution is 5.34. The Bertz CT molecular complexity index is 355. The first-order chi connectivity index (χ1) is 6.67. The Morgan fingerprint density at radius 3 is 2.86 bits per heavy atom. The van der Waals surface area contributed by atoms with Crippen LogP contribution in [0.1, 0.15) is 11.4 Å². The van der Waals surface area contributed by atoms with E-state index in [0.717, 1.165) is 5.69 Å². The van der Waals surface area contributed by atoms with Crippen LogP contribution in [0, 0.1) is 18.3 Å². The minimum atomic E-state index is 0.386. The summed E-state index contributed by atoms with van der Waals surface area (Å²) in [6.07, 6.45) is 0. The Hall–Kier alpha value is -1.67. The maximum Gasteiger partial charge on any atom is 0.226 e. The maximum absolute atomic E-state index is 8.71. The lowest BCUT2D eigenvalue weighted by Gasteiger charge is -2.15. The second kappa shape index (κ2) is 4.53. The number of likely N-dealkylation sites (N-methyl/N-ethyl adjacent to an activating group) is 1. The van der Waals surface area contributed by atoms with Gasteiger partial charge in [0.2, 0.25) is 5.95 Å². The first-order valence-electron chi connectivity index (χ1n) is 4.34. The van der Waals surface area contributed by atoms with Crippen molar-refractivity contribution in [1.82, 2.24) is 9.97 Å². The zero-order valence-electron chi connectivity index (χ0n) is 8.36. The first kappa shape index (κ1) is 10.4. The minimum absolute atomic E-state index is 0.386. The van der Waals surface area contributed by atoms with Gasteiger partial charge in [0.25, 0.3) is 0 Å². The van der Waals surface area contributed by atoms with Gasteiger partial charge >= 0.3 is 0 Å². The standard InChI is InChI=1S/C9H13N5/c1-7-5-8(6-11)13-9(12-7)14(2)4-3-10/h5H,3-4,10H2,1-2H3. The first-order valence-corrected chi connectivity index (χ1v) is 4.34. The Labute approximate surface area is 83.2 Å². The van der Waals surface area contributed by atoms with Crippen molar-refractivity contribution in [2.75, 3.05) is 25.0 Å². The fourth-order valence-electron chi connectivity index (χ4n) is 1.07. The molecule has 0 unspecified atom stereocenters.